The third-order valence-corrected chi connectivity index (χ3v) is 7.62. The molecule has 2 atom stereocenters. The maximum absolute atomic E-state index is 12.1. The van der Waals surface area contributed by atoms with Crippen molar-refractivity contribution in [2.24, 2.45) is 0 Å². The number of para-hydroxylation sites is 1. The van der Waals surface area contributed by atoms with Gasteiger partial charge in [-0.25, -0.2) is 0 Å². The molecular weight excluding hydrogens is 506 g/mol. The second-order valence-corrected chi connectivity index (χ2v) is 10.1. The van der Waals surface area contributed by atoms with Crippen LogP contribution in [0.25, 0.3) is 5.69 Å². The van der Waals surface area contributed by atoms with Gasteiger partial charge < -0.3 is 24.8 Å². The molecule has 2 aromatic carbocycles. The smallest absolute Gasteiger partial charge is 0.224 e. The lowest BCUT2D eigenvalue weighted by Gasteiger charge is -2.29. The minimum absolute atomic E-state index is 0.0730. The highest BCUT2D eigenvalue weighted by Crippen LogP contribution is 2.45. The fourth-order valence-electron chi connectivity index (χ4n) is 5.39. The lowest BCUT2D eigenvalue weighted by atomic mass is 9.96. The van der Waals surface area contributed by atoms with E-state index in [1.54, 1.807) is 7.11 Å². The Morgan fingerprint density at radius 2 is 1.85 bits per heavy atom. The first kappa shape index (κ1) is 26.4. The number of hydrogen-bond acceptors (Lipinski definition) is 4. The van der Waals surface area contributed by atoms with E-state index >= 15 is 0 Å². The van der Waals surface area contributed by atoms with Crippen LogP contribution in [0.5, 0.6) is 5.75 Å². The zero-order valence-corrected chi connectivity index (χ0v) is 23.7. The highest BCUT2D eigenvalue weighted by molar-refractivity contribution is 7.80. The van der Waals surface area contributed by atoms with Crippen molar-refractivity contribution < 1.29 is 9.53 Å². The fraction of sp³-hybridized carbons (Fsp3) is 0.258. The van der Waals surface area contributed by atoms with Gasteiger partial charge in [-0.3, -0.25) is 9.78 Å². The van der Waals surface area contributed by atoms with Crippen LogP contribution in [-0.4, -0.2) is 27.7 Å². The molecule has 0 spiro atoms. The van der Waals surface area contributed by atoms with Crippen molar-refractivity contribution in [3.63, 3.8) is 0 Å². The Morgan fingerprint density at radius 3 is 2.54 bits per heavy atom. The maximum atomic E-state index is 12.1. The molecule has 5 rings (SSSR count). The van der Waals surface area contributed by atoms with Crippen molar-refractivity contribution in [3.05, 3.63) is 101 Å². The second kappa shape index (κ2) is 10.9. The zero-order valence-electron chi connectivity index (χ0n) is 22.9. The number of benzene rings is 2. The van der Waals surface area contributed by atoms with Gasteiger partial charge in [0.25, 0.3) is 0 Å². The summed E-state index contributed by atoms with van der Waals surface area (Å²) in [6.45, 7) is 8.25. The number of methoxy groups -OCH3 is 1. The van der Waals surface area contributed by atoms with Gasteiger partial charge in [0.05, 0.1) is 30.6 Å². The molecule has 0 bridgehead atoms. The van der Waals surface area contributed by atoms with Crippen molar-refractivity contribution in [2.75, 3.05) is 17.3 Å². The van der Waals surface area contributed by atoms with Gasteiger partial charge in [0.1, 0.15) is 5.75 Å². The molecule has 8 heteroatoms. The molecule has 0 radical (unpaired) electrons. The van der Waals surface area contributed by atoms with Gasteiger partial charge in [0, 0.05) is 41.4 Å². The van der Waals surface area contributed by atoms with Crippen LogP contribution in [0.15, 0.2) is 72.9 Å². The molecular formula is C31H33N5O2S. The lowest BCUT2D eigenvalue weighted by molar-refractivity contribution is -0.115. The Kier molecular flexibility index (Phi) is 7.39. The SMILES string of the molecule is CCC(=O)Nc1ccc(N2C(=S)N[C@@H](c3ccccn3)[C@@H]2c2cc(C)n(-c3ccccc3C)c2C)cc1OC. The van der Waals surface area contributed by atoms with E-state index in [9.17, 15) is 4.79 Å². The van der Waals surface area contributed by atoms with Gasteiger partial charge in [-0.05, 0) is 80.5 Å². The molecule has 39 heavy (non-hydrogen) atoms. The average molecular weight is 540 g/mol. The molecule has 0 unspecified atom stereocenters. The highest BCUT2D eigenvalue weighted by atomic mass is 32.1. The van der Waals surface area contributed by atoms with Gasteiger partial charge >= 0.3 is 0 Å². The molecule has 200 valence electrons. The van der Waals surface area contributed by atoms with E-state index in [1.807, 2.05) is 49.5 Å². The molecule has 3 heterocycles. The molecule has 4 aromatic rings. The van der Waals surface area contributed by atoms with Crippen molar-refractivity contribution in [1.82, 2.24) is 14.9 Å². The van der Waals surface area contributed by atoms with E-state index in [-0.39, 0.29) is 18.0 Å². The summed E-state index contributed by atoms with van der Waals surface area (Å²) in [4.78, 5) is 18.9. The lowest BCUT2D eigenvalue weighted by Crippen LogP contribution is -2.29. The number of carbonyl (C=O) groups is 1. The van der Waals surface area contributed by atoms with E-state index < -0.39 is 0 Å². The number of thiocarbonyl (C=S) groups is 1. The Bertz CT molecular complexity index is 1530. The van der Waals surface area contributed by atoms with Gasteiger partial charge in [-0.15, -0.1) is 0 Å². The maximum Gasteiger partial charge on any atom is 0.224 e. The van der Waals surface area contributed by atoms with Crippen LogP contribution in [0.2, 0.25) is 0 Å². The van der Waals surface area contributed by atoms with E-state index in [1.165, 1.54) is 5.56 Å². The number of aromatic nitrogens is 2. The minimum Gasteiger partial charge on any atom is -0.494 e. The van der Waals surface area contributed by atoms with Crippen molar-refractivity contribution in [3.8, 4) is 11.4 Å². The molecule has 1 saturated heterocycles. The number of aryl methyl sites for hydroxylation is 2. The molecule has 0 saturated carbocycles. The third kappa shape index (κ3) is 4.88. The highest BCUT2D eigenvalue weighted by Gasteiger charge is 2.42. The number of rotatable bonds is 7. The summed E-state index contributed by atoms with van der Waals surface area (Å²) in [7, 11) is 1.60. The number of hydrogen-bond donors (Lipinski definition) is 2. The number of pyridine rings is 1. The summed E-state index contributed by atoms with van der Waals surface area (Å²) >= 11 is 5.94. The first-order valence-electron chi connectivity index (χ1n) is 13.1. The minimum atomic E-state index is -0.171. The first-order valence-corrected chi connectivity index (χ1v) is 13.5. The molecule has 1 aliphatic rings. The van der Waals surface area contributed by atoms with Gasteiger partial charge in [-0.1, -0.05) is 31.2 Å². The van der Waals surface area contributed by atoms with Crippen LogP contribution >= 0.6 is 12.2 Å². The Morgan fingerprint density at radius 1 is 1.08 bits per heavy atom. The molecule has 2 N–H and O–H groups in total. The second-order valence-electron chi connectivity index (χ2n) is 9.73. The van der Waals surface area contributed by atoms with E-state index in [4.69, 9.17) is 21.9 Å². The van der Waals surface area contributed by atoms with E-state index in [2.05, 4.69) is 71.2 Å². The summed E-state index contributed by atoms with van der Waals surface area (Å²) in [5, 5.41) is 7.06. The van der Waals surface area contributed by atoms with Gasteiger partial charge in [0.15, 0.2) is 5.11 Å². The van der Waals surface area contributed by atoms with Crippen LogP contribution in [-0.2, 0) is 4.79 Å². The van der Waals surface area contributed by atoms with Crippen LogP contribution in [0.4, 0.5) is 11.4 Å². The predicted octanol–water partition coefficient (Wildman–Crippen LogP) is 6.33. The third-order valence-electron chi connectivity index (χ3n) is 7.30. The van der Waals surface area contributed by atoms with E-state index in [0.29, 0.717) is 23.0 Å². The number of anilines is 2. The first-order chi connectivity index (χ1) is 18.8. The van der Waals surface area contributed by atoms with Gasteiger partial charge in [-0.2, -0.15) is 0 Å². The number of carbonyl (C=O) groups excluding carboxylic acids is 1. The Balaban J connectivity index is 1.66. The molecule has 1 amide bonds. The van der Waals surface area contributed by atoms with E-state index in [0.717, 1.165) is 34.0 Å². The Labute approximate surface area is 234 Å². The van der Waals surface area contributed by atoms with Gasteiger partial charge in [0.2, 0.25) is 5.91 Å². The van der Waals surface area contributed by atoms with Crippen molar-refractivity contribution in [1.29, 1.82) is 0 Å². The quantitative estimate of drug-likeness (QED) is 0.267. The van der Waals surface area contributed by atoms with Crippen molar-refractivity contribution in [2.45, 2.75) is 46.2 Å². The zero-order chi connectivity index (χ0) is 27.7. The summed E-state index contributed by atoms with van der Waals surface area (Å²) in [6.07, 6.45) is 2.19. The predicted molar refractivity (Wildman–Crippen MR) is 160 cm³/mol. The summed E-state index contributed by atoms with van der Waals surface area (Å²) in [5.41, 5.74) is 8.20. The fourth-order valence-corrected chi connectivity index (χ4v) is 5.74. The normalized spacial score (nSPS) is 16.7. The van der Waals surface area contributed by atoms with Crippen LogP contribution in [0.3, 0.4) is 0 Å². The summed E-state index contributed by atoms with van der Waals surface area (Å²) < 4.78 is 7.98. The van der Waals surface area contributed by atoms with Crippen molar-refractivity contribution >= 4 is 34.6 Å². The topological polar surface area (TPSA) is 71.4 Å². The molecule has 0 aliphatic carbocycles. The average Bonchev–Trinajstić information content (AvgIpc) is 3.44. The number of nitrogens with zero attached hydrogens (tertiary/aromatic N) is 3. The largest absolute Gasteiger partial charge is 0.494 e. The molecule has 2 aromatic heterocycles. The molecule has 1 fully saturated rings. The standard InChI is InChI=1S/C31H33N5O2S/c1-6-28(37)33-24-15-14-22(18-27(24)38-5)36-30(29(34-31(36)39)25-12-9-10-16-32-25)23-17-20(3)35(21(23)4)26-13-8-7-11-19(26)2/h7-18,29-30H,6H2,1-5H3,(H,33,37)(H,34,39)/t29-,30-/m0/s1. The van der Waals surface area contributed by atoms with Crippen LogP contribution in [0.1, 0.15) is 53.6 Å². The molecule has 1 aliphatic heterocycles. The number of ether oxygens (including phenoxy) is 1. The van der Waals surface area contributed by atoms with Crippen LogP contribution < -0.4 is 20.3 Å². The summed E-state index contributed by atoms with van der Waals surface area (Å²) in [5.74, 6) is 0.499. The number of amides is 1. The Hall–Kier alpha value is -4.17. The monoisotopic (exact) mass is 539 g/mol. The van der Waals surface area contributed by atoms with Crippen LogP contribution in [0, 0.1) is 20.8 Å². The molecule has 7 nitrogen and oxygen atoms in total. The number of nitrogens with one attached hydrogen (secondary N) is 2. The summed E-state index contributed by atoms with van der Waals surface area (Å²) in [6, 6.07) is 22.0.